The van der Waals surface area contributed by atoms with Gasteiger partial charge in [0.2, 0.25) is 11.8 Å². The highest BCUT2D eigenvalue weighted by Gasteiger charge is 2.58. The van der Waals surface area contributed by atoms with Crippen LogP contribution >= 0.6 is 11.3 Å². The molecule has 3 aliphatic rings. The largest absolute Gasteiger partial charge is 0.408 e. The van der Waals surface area contributed by atoms with Crippen LogP contribution in [0.5, 0.6) is 0 Å². The molecule has 0 radical (unpaired) electrons. The number of aryl methyl sites for hydroxylation is 1. The van der Waals surface area contributed by atoms with Crippen LogP contribution in [-0.4, -0.2) is 65.1 Å². The number of halogens is 5. The van der Waals surface area contributed by atoms with Crippen molar-refractivity contribution in [3.8, 4) is 0 Å². The van der Waals surface area contributed by atoms with Gasteiger partial charge in [-0.3, -0.25) is 9.59 Å². The Labute approximate surface area is 261 Å². The van der Waals surface area contributed by atoms with Gasteiger partial charge in [0.05, 0.1) is 24.1 Å². The van der Waals surface area contributed by atoms with E-state index < -0.39 is 47.8 Å². The van der Waals surface area contributed by atoms with Crippen molar-refractivity contribution in [3.63, 3.8) is 0 Å². The molecule has 3 fully saturated rings. The van der Waals surface area contributed by atoms with Crippen molar-refractivity contribution >= 4 is 28.8 Å². The predicted molar refractivity (Wildman–Crippen MR) is 149 cm³/mol. The molecule has 0 unspecified atom stereocenters. The number of hydrogen-bond acceptors (Lipinski definition) is 10. The maximum Gasteiger partial charge on any atom is 0.408 e. The fourth-order valence-electron chi connectivity index (χ4n) is 6.43. The van der Waals surface area contributed by atoms with Crippen LogP contribution in [0.1, 0.15) is 94.4 Å². The minimum absolute atomic E-state index is 0.0435. The second kappa shape index (κ2) is 11.0. The average molecular weight is 666 g/mol. The van der Waals surface area contributed by atoms with Crippen molar-refractivity contribution in [2.45, 2.75) is 93.8 Å². The zero-order valence-electron chi connectivity index (χ0n) is 24.4. The first kappa shape index (κ1) is 30.6. The number of hydrogen-bond donors (Lipinski definition) is 2. The Morgan fingerprint density at radius 1 is 1.20 bits per heavy atom. The van der Waals surface area contributed by atoms with E-state index >= 15 is 0 Å². The third kappa shape index (κ3) is 5.71. The molecule has 2 N–H and O–H groups in total. The van der Waals surface area contributed by atoms with E-state index in [0.29, 0.717) is 27.6 Å². The molecule has 5 heterocycles. The molecule has 3 atom stereocenters. The van der Waals surface area contributed by atoms with Crippen molar-refractivity contribution in [1.82, 2.24) is 45.7 Å². The topological polar surface area (TPSA) is 153 Å². The highest BCUT2D eigenvalue weighted by Crippen LogP contribution is 2.44. The van der Waals surface area contributed by atoms with Gasteiger partial charge in [-0.15, -0.1) is 21.5 Å². The second-order valence-corrected chi connectivity index (χ2v) is 13.6. The number of rotatable bonds is 8. The quantitative estimate of drug-likeness (QED) is 0.261. The molecule has 4 aromatic rings. The van der Waals surface area contributed by atoms with Gasteiger partial charge in [-0.05, 0) is 68.2 Å². The first-order chi connectivity index (χ1) is 21.8. The van der Waals surface area contributed by atoms with Gasteiger partial charge in [-0.1, -0.05) is 5.16 Å². The molecule has 2 saturated carbocycles. The molecule has 0 bridgehead atoms. The number of nitrogens with one attached hydrogen (secondary N) is 2. The molecule has 2 amide bonds. The summed E-state index contributed by atoms with van der Waals surface area (Å²) in [4.78, 5) is 31.2. The van der Waals surface area contributed by atoms with E-state index in [-0.39, 0.29) is 54.6 Å². The summed E-state index contributed by atoms with van der Waals surface area (Å²) in [5.74, 6) is -4.45. The maximum absolute atomic E-state index is 14.1. The molecule has 46 heavy (non-hydrogen) atoms. The molecule has 0 spiro atoms. The molecule has 1 aliphatic heterocycles. The Hall–Kier alpha value is -4.09. The van der Waals surface area contributed by atoms with Crippen LogP contribution in [0, 0.1) is 12.8 Å². The van der Waals surface area contributed by atoms with Gasteiger partial charge < -0.3 is 10.6 Å². The van der Waals surface area contributed by atoms with Crippen LogP contribution in [0.4, 0.5) is 22.0 Å². The molecule has 2 aliphatic carbocycles. The predicted octanol–water partition coefficient (Wildman–Crippen LogP) is 4.38. The molecular weight excluding hydrogens is 637 g/mol. The Morgan fingerprint density at radius 2 is 1.96 bits per heavy atom. The zero-order chi connectivity index (χ0) is 32.4. The highest BCUT2D eigenvalue weighted by atomic mass is 32.1. The van der Waals surface area contributed by atoms with E-state index in [0.717, 1.165) is 24.2 Å². The van der Waals surface area contributed by atoms with Gasteiger partial charge in [0, 0.05) is 18.8 Å². The lowest BCUT2D eigenvalue weighted by Crippen LogP contribution is -2.40. The zero-order valence-corrected chi connectivity index (χ0v) is 25.2. The minimum Gasteiger partial charge on any atom is -0.344 e. The van der Waals surface area contributed by atoms with Crippen LogP contribution in [0.25, 0.3) is 5.65 Å². The Balaban J connectivity index is 1.20. The van der Waals surface area contributed by atoms with Gasteiger partial charge in [0.15, 0.2) is 11.3 Å². The van der Waals surface area contributed by atoms with Crippen LogP contribution in [0.3, 0.4) is 0 Å². The summed E-state index contributed by atoms with van der Waals surface area (Å²) in [7, 11) is 0. The molecule has 1 saturated heterocycles. The molecule has 12 nitrogen and oxygen atoms in total. The number of carbonyl (C=O) groups is 2. The van der Waals surface area contributed by atoms with E-state index in [9.17, 15) is 31.5 Å². The Kier molecular flexibility index (Phi) is 7.32. The molecule has 18 heteroatoms. The SMILES string of the molecule is Cc1nnc([C@]2(Cc3cnn4cc([C@@H](NC(=O)c5nonc5C5CC5)C5CCC(F)(F)CC5)nc4c3)C[C@@H](C(F)(F)F)NC2=O)s1. The summed E-state index contributed by atoms with van der Waals surface area (Å²) in [6.07, 6.45) is -1.05. The third-order valence-corrected chi connectivity index (χ3v) is 10.1. The number of imidazole rings is 1. The first-order valence-corrected chi connectivity index (χ1v) is 15.7. The standard InChI is InChI=1S/C28H28F5N9O3S/c1-13-38-39-25(46-13)26(10-18(28(31,32)33)36-24(26)44)9-14-8-19-35-17(12-42(19)34-11-14)20(16-4-6-27(29,30)7-5-16)37-23(43)22-21(15-2-3-15)40-45-41-22/h8,11-12,15-16,18,20H,2-7,9-10H2,1H3,(H,36,44)(H,37,43)/t18-,20-,26+/m0/s1. The first-order valence-electron chi connectivity index (χ1n) is 14.8. The van der Waals surface area contributed by atoms with Gasteiger partial charge in [0.1, 0.15) is 27.2 Å². The van der Waals surface area contributed by atoms with Gasteiger partial charge >= 0.3 is 6.18 Å². The Bertz CT molecular complexity index is 1790. The molecule has 0 aromatic carbocycles. The van der Waals surface area contributed by atoms with Crippen molar-refractivity contribution in [1.29, 1.82) is 0 Å². The number of alkyl halides is 5. The van der Waals surface area contributed by atoms with E-state index in [4.69, 9.17) is 4.63 Å². The van der Waals surface area contributed by atoms with Crippen LogP contribution in [0.15, 0.2) is 23.1 Å². The summed E-state index contributed by atoms with van der Waals surface area (Å²) < 4.78 is 75.5. The van der Waals surface area contributed by atoms with Crippen molar-refractivity contribution < 1.29 is 36.2 Å². The lowest BCUT2D eigenvalue weighted by atomic mass is 9.79. The minimum atomic E-state index is -4.65. The summed E-state index contributed by atoms with van der Waals surface area (Å²) in [5.41, 5.74) is -0.0444. The highest BCUT2D eigenvalue weighted by molar-refractivity contribution is 7.11. The molecule has 4 aromatic heterocycles. The number of fused-ring (bicyclic) bond motifs is 1. The van der Waals surface area contributed by atoms with Gasteiger partial charge in [0.25, 0.3) is 5.91 Å². The normalized spacial score (nSPS) is 24.3. The van der Waals surface area contributed by atoms with Crippen LogP contribution in [0.2, 0.25) is 0 Å². The summed E-state index contributed by atoms with van der Waals surface area (Å²) in [5, 5.41) is 25.7. The number of aromatic nitrogens is 7. The van der Waals surface area contributed by atoms with E-state index in [1.165, 1.54) is 10.7 Å². The third-order valence-electron chi connectivity index (χ3n) is 9.06. The van der Waals surface area contributed by atoms with Gasteiger partial charge in [-0.25, -0.2) is 22.9 Å². The summed E-state index contributed by atoms with van der Waals surface area (Å²) in [6.45, 7) is 1.65. The number of nitrogens with zero attached hydrogens (tertiary/aromatic N) is 7. The summed E-state index contributed by atoms with van der Waals surface area (Å²) >= 11 is 1.06. The van der Waals surface area contributed by atoms with Crippen molar-refractivity contribution in [2.24, 2.45) is 5.92 Å². The lowest BCUT2D eigenvalue weighted by molar-refractivity contribution is -0.155. The molecule has 244 valence electrons. The number of carbonyl (C=O) groups excluding carboxylic acids is 2. The molecule has 7 rings (SSSR count). The second-order valence-electron chi connectivity index (χ2n) is 12.4. The smallest absolute Gasteiger partial charge is 0.344 e. The van der Waals surface area contributed by atoms with Crippen molar-refractivity contribution in [3.05, 3.63) is 51.1 Å². The number of amides is 2. The maximum atomic E-state index is 14.1. The van der Waals surface area contributed by atoms with Crippen LogP contribution < -0.4 is 10.6 Å². The van der Waals surface area contributed by atoms with Crippen LogP contribution in [-0.2, 0) is 16.6 Å². The van der Waals surface area contributed by atoms with E-state index in [1.807, 2.05) is 0 Å². The fraction of sp³-hybridized carbons (Fsp3) is 0.571. The lowest BCUT2D eigenvalue weighted by Gasteiger charge is -2.33. The van der Waals surface area contributed by atoms with E-state index in [2.05, 4.69) is 41.2 Å². The van der Waals surface area contributed by atoms with E-state index in [1.54, 1.807) is 19.2 Å². The summed E-state index contributed by atoms with van der Waals surface area (Å²) in [6, 6.07) is -1.23. The Morgan fingerprint density at radius 3 is 2.61 bits per heavy atom. The monoisotopic (exact) mass is 665 g/mol. The van der Waals surface area contributed by atoms with Gasteiger partial charge in [-0.2, -0.15) is 18.3 Å². The average Bonchev–Trinajstić information content (AvgIpc) is 3.32. The molecular formula is C28H28F5N9O3S. The van der Waals surface area contributed by atoms with Crippen molar-refractivity contribution in [2.75, 3.05) is 0 Å². The fourth-order valence-corrected chi connectivity index (χ4v) is 7.32.